The molecule has 1 atom stereocenters. The zero-order valence-electron chi connectivity index (χ0n) is 14.8. The van der Waals surface area contributed by atoms with Crippen molar-refractivity contribution in [2.24, 2.45) is 0 Å². The number of hydrogen-bond acceptors (Lipinski definition) is 4. The van der Waals surface area contributed by atoms with Crippen molar-refractivity contribution in [1.82, 2.24) is 24.6 Å². The van der Waals surface area contributed by atoms with Crippen LogP contribution in [0.4, 0.5) is 0 Å². The molecule has 0 saturated carbocycles. The molecule has 1 fully saturated rings. The van der Waals surface area contributed by atoms with E-state index in [2.05, 4.69) is 22.0 Å². The Bertz CT molecular complexity index is 733. The van der Waals surface area contributed by atoms with Gasteiger partial charge in [0, 0.05) is 30.7 Å². The highest BCUT2D eigenvalue weighted by atomic mass is 16.5. The van der Waals surface area contributed by atoms with Crippen molar-refractivity contribution < 1.29 is 9.53 Å². The van der Waals surface area contributed by atoms with Crippen molar-refractivity contribution in [2.45, 2.75) is 46.7 Å². The zero-order chi connectivity index (χ0) is 17.3. The second-order valence-electron chi connectivity index (χ2n) is 6.31. The molecule has 1 aliphatic heterocycles. The number of nitrogens with one attached hydrogen (secondary N) is 1. The second-order valence-corrected chi connectivity index (χ2v) is 6.31. The maximum Gasteiger partial charge on any atom is 0.258 e. The van der Waals surface area contributed by atoms with Crippen molar-refractivity contribution in [3.05, 3.63) is 34.7 Å². The van der Waals surface area contributed by atoms with Crippen LogP contribution >= 0.6 is 0 Å². The number of carbonyl (C=O) groups is 1. The van der Waals surface area contributed by atoms with Crippen molar-refractivity contribution >= 4 is 5.91 Å². The van der Waals surface area contributed by atoms with E-state index in [0.717, 1.165) is 35.9 Å². The SMILES string of the molecule is CCCn1nc(C)c(C(=O)N2CCOC[C@H]2c2ncc(C)[nH]2)c1C. The van der Waals surface area contributed by atoms with Crippen molar-refractivity contribution in [2.75, 3.05) is 19.8 Å². The Hall–Kier alpha value is -2.15. The molecular formula is C17H25N5O2. The van der Waals surface area contributed by atoms with E-state index in [4.69, 9.17) is 4.74 Å². The number of morpholine rings is 1. The van der Waals surface area contributed by atoms with Crippen molar-refractivity contribution in [3.63, 3.8) is 0 Å². The van der Waals surface area contributed by atoms with E-state index in [1.54, 1.807) is 6.20 Å². The standard InChI is InChI=1S/C17H25N5O2/c1-5-6-22-13(4)15(12(3)20-22)17(23)21-7-8-24-10-14(21)16-18-9-11(2)19-16/h9,14H,5-8,10H2,1-4H3,(H,18,19)/t14-/m0/s1. The third-order valence-corrected chi connectivity index (χ3v) is 4.46. The summed E-state index contributed by atoms with van der Waals surface area (Å²) >= 11 is 0. The van der Waals surface area contributed by atoms with E-state index in [-0.39, 0.29) is 11.9 Å². The number of aryl methyl sites for hydroxylation is 3. The van der Waals surface area contributed by atoms with Crippen LogP contribution in [0.5, 0.6) is 0 Å². The van der Waals surface area contributed by atoms with E-state index in [1.165, 1.54) is 0 Å². The van der Waals surface area contributed by atoms with Crippen LogP contribution in [-0.2, 0) is 11.3 Å². The lowest BCUT2D eigenvalue weighted by molar-refractivity contribution is -0.00509. The Morgan fingerprint density at radius 1 is 1.42 bits per heavy atom. The molecule has 24 heavy (non-hydrogen) atoms. The van der Waals surface area contributed by atoms with Gasteiger partial charge in [0.25, 0.3) is 5.91 Å². The monoisotopic (exact) mass is 331 g/mol. The molecule has 1 amide bonds. The number of H-pyrrole nitrogens is 1. The maximum atomic E-state index is 13.2. The largest absolute Gasteiger partial charge is 0.377 e. The van der Waals surface area contributed by atoms with Gasteiger partial charge in [-0.3, -0.25) is 9.48 Å². The first kappa shape index (κ1) is 16.7. The fourth-order valence-corrected chi connectivity index (χ4v) is 3.26. The molecule has 0 spiro atoms. The molecule has 130 valence electrons. The maximum absolute atomic E-state index is 13.2. The van der Waals surface area contributed by atoms with Crippen molar-refractivity contribution in [3.8, 4) is 0 Å². The molecule has 3 heterocycles. The summed E-state index contributed by atoms with van der Waals surface area (Å²) in [6.45, 7) is 10.3. The Kier molecular flexibility index (Phi) is 4.71. The van der Waals surface area contributed by atoms with Gasteiger partial charge >= 0.3 is 0 Å². The van der Waals surface area contributed by atoms with Gasteiger partial charge in [0.1, 0.15) is 11.9 Å². The van der Waals surface area contributed by atoms with Gasteiger partial charge in [-0.25, -0.2) is 4.98 Å². The van der Waals surface area contributed by atoms with E-state index in [0.29, 0.717) is 25.3 Å². The average Bonchev–Trinajstić information content (AvgIpc) is 3.11. The Morgan fingerprint density at radius 3 is 2.88 bits per heavy atom. The molecule has 0 aliphatic carbocycles. The minimum Gasteiger partial charge on any atom is -0.377 e. The highest BCUT2D eigenvalue weighted by molar-refractivity contribution is 5.96. The topological polar surface area (TPSA) is 76.0 Å². The van der Waals surface area contributed by atoms with Crippen LogP contribution in [0.15, 0.2) is 6.20 Å². The van der Waals surface area contributed by atoms with Gasteiger partial charge in [0.2, 0.25) is 0 Å². The summed E-state index contributed by atoms with van der Waals surface area (Å²) < 4.78 is 7.52. The molecule has 1 aliphatic rings. The van der Waals surface area contributed by atoms with Crippen LogP contribution in [0.2, 0.25) is 0 Å². The molecule has 3 rings (SSSR count). The molecule has 2 aromatic rings. The van der Waals surface area contributed by atoms with Crippen LogP contribution in [-0.4, -0.2) is 50.3 Å². The summed E-state index contributed by atoms with van der Waals surface area (Å²) in [5.41, 5.74) is 3.40. The lowest BCUT2D eigenvalue weighted by Crippen LogP contribution is -2.44. The summed E-state index contributed by atoms with van der Waals surface area (Å²) in [5.74, 6) is 0.784. The molecule has 0 unspecified atom stereocenters. The lowest BCUT2D eigenvalue weighted by atomic mass is 10.1. The third kappa shape index (κ3) is 2.96. The average molecular weight is 331 g/mol. The number of amides is 1. The molecular weight excluding hydrogens is 306 g/mol. The van der Waals surface area contributed by atoms with E-state index in [9.17, 15) is 4.79 Å². The third-order valence-electron chi connectivity index (χ3n) is 4.46. The highest BCUT2D eigenvalue weighted by Gasteiger charge is 2.33. The van der Waals surface area contributed by atoms with Crippen LogP contribution in [0.25, 0.3) is 0 Å². The van der Waals surface area contributed by atoms with Crippen LogP contribution < -0.4 is 0 Å². The summed E-state index contributed by atoms with van der Waals surface area (Å²) in [4.78, 5) is 22.7. The van der Waals surface area contributed by atoms with Crippen molar-refractivity contribution in [1.29, 1.82) is 0 Å². The van der Waals surface area contributed by atoms with E-state index in [1.807, 2.05) is 30.4 Å². The van der Waals surface area contributed by atoms with Gasteiger partial charge in [0.05, 0.1) is 24.5 Å². The van der Waals surface area contributed by atoms with E-state index < -0.39 is 0 Å². The highest BCUT2D eigenvalue weighted by Crippen LogP contribution is 2.26. The lowest BCUT2D eigenvalue weighted by Gasteiger charge is -2.34. The quantitative estimate of drug-likeness (QED) is 0.931. The fourth-order valence-electron chi connectivity index (χ4n) is 3.26. The van der Waals surface area contributed by atoms with Gasteiger partial charge in [-0.2, -0.15) is 5.10 Å². The summed E-state index contributed by atoms with van der Waals surface area (Å²) in [6, 6.07) is -0.187. The van der Waals surface area contributed by atoms with Crippen LogP contribution in [0, 0.1) is 20.8 Å². The first-order chi connectivity index (χ1) is 11.5. The summed E-state index contributed by atoms with van der Waals surface area (Å²) in [7, 11) is 0. The number of carbonyl (C=O) groups excluding carboxylic acids is 1. The number of imidazole rings is 1. The van der Waals surface area contributed by atoms with Crippen LogP contribution in [0.3, 0.4) is 0 Å². The fraction of sp³-hybridized carbons (Fsp3) is 0.588. The number of ether oxygens (including phenoxy) is 1. The molecule has 7 heteroatoms. The smallest absolute Gasteiger partial charge is 0.258 e. The molecule has 7 nitrogen and oxygen atoms in total. The Morgan fingerprint density at radius 2 is 2.21 bits per heavy atom. The number of aromatic amines is 1. The second kappa shape index (κ2) is 6.76. The van der Waals surface area contributed by atoms with Gasteiger partial charge in [-0.05, 0) is 27.2 Å². The molecule has 2 aromatic heterocycles. The number of hydrogen-bond donors (Lipinski definition) is 1. The molecule has 0 radical (unpaired) electrons. The number of rotatable bonds is 4. The molecule has 0 aromatic carbocycles. The minimum absolute atomic E-state index is 0.00899. The first-order valence-electron chi connectivity index (χ1n) is 8.47. The minimum atomic E-state index is -0.187. The molecule has 1 N–H and O–H groups in total. The van der Waals surface area contributed by atoms with Crippen LogP contribution in [0.1, 0.15) is 52.7 Å². The van der Waals surface area contributed by atoms with Gasteiger partial charge in [0.15, 0.2) is 0 Å². The molecule has 1 saturated heterocycles. The summed E-state index contributed by atoms with van der Waals surface area (Å²) in [6.07, 6.45) is 2.77. The normalized spacial score (nSPS) is 18.2. The Balaban J connectivity index is 1.92. The van der Waals surface area contributed by atoms with Gasteiger partial charge < -0.3 is 14.6 Å². The Labute approximate surface area is 142 Å². The molecule has 0 bridgehead atoms. The number of aromatic nitrogens is 4. The zero-order valence-corrected chi connectivity index (χ0v) is 14.8. The van der Waals surface area contributed by atoms with E-state index >= 15 is 0 Å². The summed E-state index contributed by atoms with van der Waals surface area (Å²) in [5, 5.41) is 4.53. The van der Waals surface area contributed by atoms with Gasteiger partial charge in [-0.15, -0.1) is 0 Å². The predicted molar refractivity (Wildman–Crippen MR) is 89.9 cm³/mol. The van der Waals surface area contributed by atoms with Gasteiger partial charge in [-0.1, -0.05) is 6.92 Å². The number of nitrogens with zero attached hydrogens (tertiary/aromatic N) is 4. The first-order valence-corrected chi connectivity index (χ1v) is 8.47. The predicted octanol–water partition coefficient (Wildman–Crippen LogP) is 2.16.